The van der Waals surface area contributed by atoms with Gasteiger partial charge in [-0.05, 0) is 42.3 Å². The highest BCUT2D eigenvalue weighted by atomic mass is 32.1. The second-order valence-corrected chi connectivity index (χ2v) is 6.97. The van der Waals surface area contributed by atoms with E-state index in [0.29, 0.717) is 25.3 Å². The minimum Gasteiger partial charge on any atom is -0.481 e. The number of aliphatic carboxylic acids is 1. The van der Waals surface area contributed by atoms with Crippen molar-refractivity contribution in [1.29, 1.82) is 0 Å². The van der Waals surface area contributed by atoms with Crippen molar-refractivity contribution in [2.75, 3.05) is 13.1 Å². The Kier molecular flexibility index (Phi) is 4.81. The Morgan fingerprint density at radius 2 is 2.00 bits per heavy atom. The van der Waals surface area contributed by atoms with Crippen molar-refractivity contribution in [2.24, 2.45) is 5.92 Å². The molecule has 0 radical (unpaired) electrons. The standard InChI is InChI=1S/C17H20N2O3S/c20-16(21)11-13-5-8-18(9-6-13)17(22)15-4-1-7-19(15)12-14-3-2-10-23-14/h1-4,7,10,13H,5-6,8-9,11-12H2,(H,20,21). The zero-order valence-corrected chi connectivity index (χ0v) is 13.7. The molecule has 2 aromatic heterocycles. The van der Waals surface area contributed by atoms with Crippen molar-refractivity contribution in [1.82, 2.24) is 9.47 Å². The van der Waals surface area contributed by atoms with Gasteiger partial charge in [0.1, 0.15) is 5.69 Å². The van der Waals surface area contributed by atoms with Crippen molar-refractivity contribution in [2.45, 2.75) is 25.8 Å². The Balaban J connectivity index is 1.63. The van der Waals surface area contributed by atoms with Crippen LogP contribution in [-0.4, -0.2) is 39.5 Å². The smallest absolute Gasteiger partial charge is 0.303 e. The van der Waals surface area contributed by atoms with Crippen molar-refractivity contribution in [3.63, 3.8) is 0 Å². The van der Waals surface area contributed by atoms with Crippen LogP contribution in [0.1, 0.15) is 34.6 Å². The van der Waals surface area contributed by atoms with Crippen molar-refractivity contribution < 1.29 is 14.7 Å². The molecule has 0 bridgehead atoms. The fourth-order valence-electron chi connectivity index (χ4n) is 3.07. The number of nitrogens with zero attached hydrogens (tertiary/aromatic N) is 2. The molecular formula is C17H20N2O3S. The van der Waals surface area contributed by atoms with Crippen LogP contribution >= 0.6 is 11.3 Å². The van der Waals surface area contributed by atoms with Crippen molar-refractivity contribution >= 4 is 23.2 Å². The molecule has 0 atom stereocenters. The molecule has 3 rings (SSSR count). The summed E-state index contributed by atoms with van der Waals surface area (Å²) in [5.41, 5.74) is 0.704. The van der Waals surface area contributed by atoms with E-state index in [4.69, 9.17) is 5.11 Å². The summed E-state index contributed by atoms with van der Waals surface area (Å²) in [5, 5.41) is 10.9. The number of likely N-dealkylation sites (tertiary alicyclic amines) is 1. The summed E-state index contributed by atoms with van der Waals surface area (Å²) in [6, 6.07) is 7.84. The molecule has 122 valence electrons. The molecule has 0 aromatic carbocycles. The fourth-order valence-corrected chi connectivity index (χ4v) is 3.77. The van der Waals surface area contributed by atoms with E-state index < -0.39 is 5.97 Å². The van der Waals surface area contributed by atoms with Gasteiger partial charge in [0.2, 0.25) is 0 Å². The van der Waals surface area contributed by atoms with E-state index in [9.17, 15) is 9.59 Å². The van der Waals surface area contributed by atoms with Crippen LogP contribution in [-0.2, 0) is 11.3 Å². The molecule has 1 fully saturated rings. The van der Waals surface area contributed by atoms with Gasteiger partial charge in [-0.2, -0.15) is 0 Å². The number of rotatable bonds is 5. The first-order chi connectivity index (χ1) is 11.1. The van der Waals surface area contributed by atoms with Gasteiger partial charge in [0.25, 0.3) is 5.91 Å². The van der Waals surface area contributed by atoms with E-state index in [1.165, 1.54) is 4.88 Å². The van der Waals surface area contributed by atoms with Crippen LogP contribution < -0.4 is 0 Å². The predicted octanol–water partition coefficient (Wildman–Crippen LogP) is 2.92. The Morgan fingerprint density at radius 3 is 2.65 bits per heavy atom. The topological polar surface area (TPSA) is 62.5 Å². The summed E-state index contributed by atoms with van der Waals surface area (Å²) in [6.07, 6.45) is 3.67. The number of aromatic nitrogens is 1. The highest BCUT2D eigenvalue weighted by Gasteiger charge is 2.26. The first-order valence-corrected chi connectivity index (χ1v) is 8.70. The maximum atomic E-state index is 12.7. The molecule has 0 saturated carbocycles. The van der Waals surface area contributed by atoms with Crippen molar-refractivity contribution in [3.05, 3.63) is 46.4 Å². The summed E-state index contributed by atoms with van der Waals surface area (Å²) in [6.45, 7) is 1.99. The lowest BCUT2D eigenvalue weighted by molar-refractivity contribution is -0.138. The molecule has 1 amide bonds. The minimum atomic E-state index is -0.750. The van der Waals surface area contributed by atoms with E-state index >= 15 is 0 Å². The zero-order valence-electron chi connectivity index (χ0n) is 12.9. The second-order valence-electron chi connectivity index (χ2n) is 5.93. The Morgan fingerprint density at radius 1 is 1.22 bits per heavy atom. The molecule has 1 N–H and O–H groups in total. The SMILES string of the molecule is O=C(O)CC1CCN(C(=O)c2cccn2Cc2cccs2)CC1. The Labute approximate surface area is 139 Å². The highest BCUT2D eigenvalue weighted by molar-refractivity contribution is 7.09. The van der Waals surface area contributed by atoms with Gasteiger partial charge in [-0.3, -0.25) is 9.59 Å². The van der Waals surface area contributed by atoms with Crippen LogP contribution in [0.2, 0.25) is 0 Å². The largest absolute Gasteiger partial charge is 0.481 e. The fraction of sp³-hybridized carbons (Fsp3) is 0.412. The first kappa shape index (κ1) is 15.8. The molecule has 2 aromatic rings. The second kappa shape index (κ2) is 7.00. The maximum Gasteiger partial charge on any atom is 0.303 e. The lowest BCUT2D eigenvalue weighted by Crippen LogP contribution is -2.39. The number of thiophene rings is 1. The molecule has 1 aliphatic heterocycles. The van der Waals surface area contributed by atoms with Crippen LogP contribution in [0.15, 0.2) is 35.8 Å². The van der Waals surface area contributed by atoms with E-state index in [2.05, 4.69) is 6.07 Å². The maximum absolute atomic E-state index is 12.7. The number of amides is 1. The van der Waals surface area contributed by atoms with E-state index in [1.807, 2.05) is 39.2 Å². The van der Waals surface area contributed by atoms with Crippen LogP contribution in [0.3, 0.4) is 0 Å². The monoisotopic (exact) mass is 332 g/mol. The molecular weight excluding hydrogens is 312 g/mol. The molecule has 0 spiro atoms. The number of hydrogen-bond donors (Lipinski definition) is 1. The van der Waals surface area contributed by atoms with Gasteiger partial charge >= 0.3 is 5.97 Å². The zero-order chi connectivity index (χ0) is 16.2. The number of hydrogen-bond acceptors (Lipinski definition) is 3. The van der Waals surface area contributed by atoms with Gasteiger partial charge < -0.3 is 14.6 Å². The van der Waals surface area contributed by atoms with Gasteiger partial charge in [-0.25, -0.2) is 0 Å². The van der Waals surface area contributed by atoms with Crippen LogP contribution in [0.5, 0.6) is 0 Å². The number of piperidine rings is 1. The average molecular weight is 332 g/mol. The van der Waals surface area contributed by atoms with Gasteiger partial charge in [0, 0.05) is 30.6 Å². The first-order valence-electron chi connectivity index (χ1n) is 7.82. The summed E-state index contributed by atoms with van der Waals surface area (Å²) >= 11 is 1.68. The molecule has 1 saturated heterocycles. The molecule has 6 heteroatoms. The molecule has 23 heavy (non-hydrogen) atoms. The van der Waals surface area contributed by atoms with E-state index in [0.717, 1.165) is 12.8 Å². The van der Waals surface area contributed by atoms with Gasteiger partial charge in [0.15, 0.2) is 0 Å². The summed E-state index contributed by atoms with van der Waals surface area (Å²) in [4.78, 5) is 26.6. The summed E-state index contributed by atoms with van der Waals surface area (Å²) in [5.74, 6) is -0.519. The lowest BCUT2D eigenvalue weighted by atomic mass is 9.93. The summed E-state index contributed by atoms with van der Waals surface area (Å²) in [7, 11) is 0. The molecule has 0 aliphatic carbocycles. The third kappa shape index (κ3) is 3.82. The number of carbonyl (C=O) groups excluding carboxylic acids is 1. The minimum absolute atomic E-state index is 0.0420. The van der Waals surface area contributed by atoms with Crippen LogP contribution in [0.25, 0.3) is 0 Å². The molecule has 3 heterocycles. The number of carboxylic acid groups (broad SMARTS) is 1. The summed E-state index contributed by atoms with van der Waals surface area (Å²) < 4.78 is 1.98. The average Bonchev–Trinajstić information content (AvgIpc) is 3.19. The Hall–Kier alpha value is -2.08. The van der Waals surface area contributed by atoms with Crippen LogP contribution in [0, 0.1) is 5.92 Å². The van der Waals surface area contributed by atoms with Gasteiger partial charge in [-0.15, -0.1) is 11.3 Å². The number of carboxylic acids is 1. The number of carbonyl (C=O) groups is 2. The normalized spacial score (nSPS) is 15.7. The third-order valence-corrected chi connectivity index (χ3v) is 5.18. The van der Waals surface area contributed by atoms with Crippen LogP contribution in [0.4, 0.5) is 0 Å². The third-order valence-electron chi connectivity index (χ3n) is 4.32. The Bertz CT molecular complexity index is 670. The van der Waals surface area contributed by atoms with Crippen molar-refractivity contribution in [3.8, 4) is 0 Å². The lowest BCUT2D eigenvalue weighted by Gasteiger charge is -2.31. The molecule has 0 unspecified atom stereocenters. The predicted molar refractivity (Wildman–Crippen MR) is 88.7 cm³/mol. The molecule has 1 aliphatic rings. The van der Waals surface area contributed by atoms with Gasteiger partial charge in [-0.1, -0.05) is 6.07 Å². The quantitative estimate of drug-likeness (QED) is 0.916. The van der Waals surface area contributed by atoms with E-state index in [-0.39, 0.29) is 18.2 Å². The van der Waals surface area contributed by atoms with Gasteiger partial charge in [0.05, 0.1) is 6.54 Å². The van der Waals surface area contributed by atoms with E-state index in [1.54, 1.807) is 11.3 Å². The highest BCUT2D eigenvalue weighted by Crippen LogP contribution is 2.22. The molecule has 5 nitrogen and oxygen atoms in total.